The normalized spacial score (nSPS) is 17.6. The molecule has 0 bridgehead atoms. The van der Waals surface area contributed by atoms with Gasteiger partial charge in [-0.25, -0.2) is 0 Å². The Hall–Kier alpha value is -3.94. The van der Waals surface area contributed by atoms with E-state index >= 15 is 0 Å². The molecule has 3 amide bonds. The van der Waals surface area contributed by atoms with Gasteiger partial charge in [0.2, 0.25) is 17.7 Å². The average Bonchev–Trinajstić information content (AvgIpc) is 3.11. The van der Waals surface area contributed by atoms with E-state index in [4.69, 9.17) is 16.9 Å². The van der Waals surface area contributed by atoms with E-state index in [0.717, 1.165) is 18.4 Å². The van der Waals surface area contributed by atoms with Crippen LogP contribution >= 0.6 is 0 Å². The topological polar surface area (TPSA) is 142 Å². The van der Waals surface area contributed by atoms with Gasteiger partial charge < -0.3 is 21.7 Å². The molecule has 1 fully saturated rings. The number of nitrogens with two attached hydrogens (primary N) is 2. The van der Waals surface area contributed by atoms with Crippen LogP contribution in [0.2, 0.25) is 0 Å². The summed E-state index contributed by atoms with van der Waals surface area (Å²) in [7, 11) is 0. The maximum absolute atomic E-state index is 12.9. The van der Waals surface area contributed by atoms with Gasteiger partial charge in [0.25, 0.3) is 0 Å². The molecule has 3 rings (SSSR count). The first-order valence-electron chi connectivity index (χ1n) is 11.8. The Morgan fingerprint density at radius 1 is 1.06 bits per heavy atom. The molecular formula is C27H33N5O3. The highest BCUT2D eigenvalue weighted by Gasteiger charge is 2.40. The summed E-state index contributed by atoms with van der Waals surface area (Å²) in [5.41, 5.74) is 13.6. The van der Waals surface area contributed by atoms with Gasteiger partial charge in [-0.2, -0.15) is 0 Å². The molecule has 0 saturated carbocycles. The Morgan fingerprint density at radius 3 is 2.43 bits per heavy atom. The van der Waals surface area contributed by atoms with Crippen LogP contribution in [-0.4, -0.2) is 47.6 Å². The van der Waals surface area contributed by atoms with Crippen molar-refractivity contribution in [3.63, 3.8) is 0 Å². The number of carbonyl (C=O) groups is 3. The van der Waals surface area contributed by atoms with Crippen LogP contribution in [0.4, 0.5) is 0 Å². The fraction of sp³-hybridized carbons (Fsp3) is 0.333. The molecule has 2 atom stereocenters. The van der Waals surface area contributed by atoms with E-state index in [1.165, 1.54) is 5.56 Å². The van der Waals surface area contributed by atoms with E-state index in [1.54, 1.807) is 17.0 Å². The molecule has 35 heavy (non-hydrogen) atoms. The second kappa shape index (κ2) is 12.5. The number of rotatable bonds is 12. The van der Waals surface area contributed by atoms with Crippen molar-refractivity contribution in [2.24, 2.45) is 17.4 Å². The Morgan fingerprint density at radius 2 is 1.77 bits per heavy atom. The molecular weight excluding hydrogens is 442 g/mol. The lowest BCUT2D eigenvalue weighted by atomic mass is 9.99. The lowest BCUT2D eigenvalue weighted by Crippen LogP contribution is -2.38. The van der Waals surface area contributed by atoms with E-state index in [1.807, 2.05) is 42.5 Å². The van der Waals surface area contributed by atoms with Crippen LogP contribution in [0.25, 0.3) is 6.08 Å². The minimum atomic E-state index is -0.501. The van der Waals surface area contributed by atoms with Gasteiger partial charge in [-0.3, -0.25) is 19.8 Å². The first kappa shape index (κ1) is 25.7. The number of likely N-dealkylation sites (tertiary alicyclic amines) is 1. The van der Waals surface area contributed by atoms with Crippen molar-refractivity contribution in [2.45, 2.75) is 38.1 Å². The van der Waals surface area contributed by atoms with Crippen LogP contribution < -0.4 is 16.8 Å². The summed E-state index contributed by atoms with van der Waals surface area (Å²) in [6.45, 7) is 0.893. The maximum atomic E-state index is 12.9. The van der Waals surface area contributed by atoms with Crippen molar-refractivity contribution in [3.05, 3.63) is 77.4 Å². The van der Waals surface area contributed by atoms with Gasteiger partial charge in [0.1, 0.15) is 5.84 Å². The third-order valence-corrected chi connectivity index (χ3v) is 6.15. The molecule has 2 aromatic rings. The fourth-order valence-electron chi connectivity index (χ4n) is 4.40. The lowest BCUT2D eigenvalue weighted by molar-refractivity contribution is -0.134. The lowest BCUT2D eigenvalue weighted by Gasteiger charge is -2.24. The van der Waals surface area contributed by atoms with E-state index < -0.39 is 11.8 Å². The third-order valence-electron chi connectivity index (χ3n) is 6.15. The second-order valence-electron chi connectivity index (χ2n) is 8.82. The SMILES string of the molecule is N=C(N)c1ccc(C=CCNC(=O)C[C@@H]2C[C@@H](CC(N)=O)C(=O)N2CCCc2ccccc2)cc1. The van der Waals surface area contributed by atoms with Gasteiger partial charge in [0, 0.05) is 43.5 Å². The molecule has 0 unspecified atom stereocenters. The molecule has 8 heteroatoms. The molecule has 1 heterocycles. The summed E-state index contributed by atoms with van der Waals surface area (Å²) in [5.74, 6) is -1.18. The van der Waals surface area contributed by atoms with Gasteiger partial charge in [0.15, 0.2) is 0 Å². The van der Waals surface area contributed by atoms with Gasteiger partial charge in [0.05, 0.1) is 0 Å². The number of hydrogen-bond donors (Lipinski definition) is 4. The molecule has 184 valence electrons. The number of nitrogens with one attached hydrogen (secondary N) is 2. The summed E-state index contributed by atoms with van der Waals surface area (Å²) < 4.78 is 0. The van der Waals surface area contributed by atoms with Crippen LogP contribution in [0.5, 0.6) is 0 Å². The summed E-state index contributed by atoms with van der Waals surface area (Å²) in [5, 5.41) is 10.3. The zero-order valence-corrected chi connectivity index (χ0v) is 19.8. The number of hydrogen-bond acceptors (Lipinski definition) is 4. The van der Waals surface area contributed by atoms with Gasteiger partial charge in [-0.15, -0.1) is 0 Å². The van der Waals surface area contributed by atoms with Crippen LogP contribution in [-0.2, 0) is 20.8 Å². The molecule has 2 aromatic carbocycles. The molecule has 1 aliphatic heterocycles. The van der Waals surface area contributed by atoms with Gasteiger partial charge in [-0.1, -0.05) is 66.7 Å². The number of benzene rings is 2. The van der Waals surface area contributed by atoms with E-state index in [-0.39, 0.29) is 36.5 Å². The monoisotopic (exact) mass is 475 g/mol. The Kier molecular flexibility index (Phi) is 9.17. The second-order valence-corrected chi connectivity index (χ2v) is 8.82. The summed E-state index contributed by atoms with van der Waals surface area (Å²) in [6.07, 6.45) is 5.99. The molecule has 6 N–H and O–H groups in total. The molecule has 0 spiro atoms. The highest BCUT2D eigenvalue weighted by atomic mass is 16.2. The highest BCUT2D eigenvalue weighted by molar-refractivity contribution is 5.95. The van der Waals surface area contributed by atoms with Crippen molar-refractivity contribution in [2.75, 3.05) is 13.1 Å². The van der Waals surface area contributed by atoms with Crippen molar-refractivity contribution < 1.29 is 14.4 Å². The predicted octanol–water partition coefficient (Wildman–Crippen LogP) is 2.22. The summed E-state index contributed by atoms with van der Waals surface area (Å²) in [4.78, 5) is 38.7. The summed E-state index contributed by atoms with van der Waals surface area (Å²) >= 11 is 0. The largest absolute Gasteiger partial charge is 0.384 e. The van der Waals surface area contributed by atoms with E-state index in [2.05, 4.69) is 17.4 Å². The standard InChI is InChI=1S/C27H33N5O3/c28-24(33)17-22-16-23(32(27(22)35)15-5-9-19-6-2-1-3-7-19)18-25(34)31-14-4-8-20-10-12-21(13-11-20)26(29)30/h1-4,6-8,10-13,22-23H,5,9,14-18H2,(H2,28,33)(H3,29,30)(H,31,34)/t22-,23-/m0/s1. The minimum absolute atomic E-state index is 0.0112. The number of carbonyl (C=O) groups excluding carboxylic acids is 3. The zero-order valence-electron chi connectivity index (χ0n) is 19.8. The highest BCUT2D eigenvalue weighted by Crippen LogP contribution is 2.29. The first-order chi connectivity index (χ1) is 16.8. The van der Waals surface area contributed by atoms with E-state index in [9.17, 15) is 14.4 Å². The molecule has 0 aliphatic carbocycles. The molecule has 1 saturated heterocycles. The first-order valence-corrected chi connectivity index (χ1v) is 11.8. The molecule has 1 aliphatic rings. The van der Waals surface area contributed by atoms with Gasteiger partial charge >= 0.3 is 0 Å². The fourth-order valence-corrected chi connectivity index (χ4v) is 4.40. The average molecular weight is 476 g/mol. The minimum Gasteiger partial charge on any atom is -0.384 e. The summed E-state index contributed by atoms with van der Waals surface area (Å²) in [6, 6.07) is 17.1. The van der Waals surface area contributed by atoms with Gasteiger partial charge in [-0.05, 0) is 30.4 Å². The molecule has 0 radical (unpaired) electrons. The molecule has 0 aromatic heterocycles. The smallest absolute Gasteiger partial charge is 0.226 e. The van der Waals surface area contributed by atoms with Crippen LogP contribution in [0.1, 0.15) is 42.4 Å². The number of nitrogens with zero attached hydrogens (tertiary/aromatic N) is 1. The number of aryl methyl sites for hydroxylation is 1. The van der Waals surface area contributed by atoms with Crippen LogP contribution in [0.3, 0.4) is 0 Å². The maximum Gasteiger partial charge on any atom is 0.226 e. The zero-order chi connectivity index (χ0) is 25.2. The van der Waals surface area contributed by atoms with Crippen molar-refractivity contribution in [1.29, 1.82) is 5.41 Å². The molecule has 8 nitrogen and oxygen atoms in total. The number of amidine groups is 1. The third kappa shape index (κ3) is 7.81. The van der Waals surface area contributed by atoms with Crippen LogP contribution in [0, 0.1) is 11.3 Å². The van der Waals surface area contributed by atoms with Crippen LogP contribution in [0.15, 0.2) is 60.7 Å². The van der Waals surface area contributed by atoms with Crippen molar-refractivity contribution >= 4 is 29.6 Å². The van der Waals surface area contributed by atoms with Crippen molar-refractivity contribution in [1.82, 2.24) is 10.2 Å². The number of amides is 3. The Balaban J connectivity index is 1.52. The van der Waals surface area contributed by atoms with E-state index in [0.29, 0.717) is 25.1 Å². The number of primary amides is 1. The van der Waals surface area contributed by atoms with Crippen molar-refractivity contribution in [3.8, 4) is 0 Å². The number of nitrogen functional groups attached to an aromatic ring is 1. The quantitative estimate of drug-likeness (QED) is 0.276. The predicted molar refractivity (Wildman–Crippen MR) is 136 cm³/mol. The Bertz CT molecular complexity index is 1070. The Labute approximate surface area is 205 Å².